The van der Waals surface area contributed by atoms with Crippen molar-refractivity contribution in [3.8, 4) is 17.2 Å². The Morgan fingerprint density at radius 1 is 1.14 bits per heavy atom. The second kappa shape index (κ2) is 7.00. The second-order valence-corrected chi connectivity index (χ2v) is 5.66. The summed E-state index contributed by atoms with van der Waals surface area (Å²) in [5.74, 6) is 2.83. The average Bonchev–Trinajstić information content (AvgIpc) is 2.95. The standard InChI is InChI=1S/C16H26N2O3/c1-11(17)12-5-6-18(9-12)10-13-7-15(20-3)16(21-4)8-14(13)19-2/h7-8,11-12H,5-6,9-10,17H2,1-4H3. The Kier molecular flexibility index (Phi) is 5.31. The molecule has 21 heavy (non-hydrogen) atoms. The van der Waals surface area contributed by atoms with E-state index in [1.54, 1.807) is 21.3 Å². The van der Waals surface area contributed by atoms with Crippen LogP contribution in [0.4, 0.5) is 0 Å². The van der Waals surface area contributed by atoms with Crippen molar-refractivity contribution in [3.05, 3.63) is 17.7 Å². The van der Waals surface area contributed by atoms with Crippen molar-refractivity contribution < 1.29 is 14.2 Å². The van der Waals surface area contributed by atoms with E-state index in [0.717, 1.165) is 43.1 Å². The molecule has 118 valence electrons. The van der Waals surface area contributed by atoms with Gasteiger partial charge in [0.2, 0.25) is 0 Å². The van der Waals surface area contributed by atoms with Gasteiger partial charge in [0.05, 0.1) is 21.3 Å². The quantitative estimate of drug-likeness (QED) is 0.868. The minimum Gasteiger partial charge on any atom is -0.496 e. The summed E-state index contributed by atoms with van der Waals surface area (Å²) in [5, 5.41) is 0. The summed E-state index contributed by atoms with van der Waals surface area (Å²) < 4.78 is 16.2. The molecular weight excluding hydrogens is 268 g/mol. The van der Waals surface area contributed by atoms with Gasteiger partial charge in [-0.25, -0.2) is 0 Å². The van der Waals surface area contributed by atoms with E-state index in [2.05, 4.69) is 11.8 Å². The molecule has 2 rings (SSSR count). The van der Waals surface area contributed by atoms with E-state index in [0.29, 0.717) is 11.7 Å². The lowest BCUT2D eigenvalue weighted by molar-refractivity contribution is 0.298. The lowest BCUT2D eigenvalue weighted by Crippen LogP contribution is -2.29. The molecule has 5 heteroatoms. The first-order chi connectivity index (χ1) is 10.1. The molecule has 1 fully saturated rings. The maximum Gasteiger partial charge on any atom is 0.164 e. The van der Waals surface area contributed by atoms with Gasteiger partial charge < -0.3 is 19.9 Å². The molecule has 2 N–H and O–H groups in total. The van der Waals surface area contributed by atoms with Crippen LogP contribution in [0.25, 0.3) is 0 Å². The number of nitrogens with two attached hydrogens (primary N) is 1. The summed E-state index contributed by atoms with van der Waals surface area (Å²) in [5.41, 5.74) is 7.12. The van der Waals surface area contributed by atoms with Crippen LogP contribution in [0.15, 0.2) is 12.1 Å². The molecule has 2 atom stereocenters. The van der Waals surface area contributed by atoms with Crippen molar-refractivity contribution in [2.24, 2.45) is 11.7 Å². The van der Waals surface area contributed by atoms with Crippen LogP contribution in [0.3, 0.4) is 0 Å². The van der Waals surface area contributed by atoms with Crippen molar-refractivity contribution in [2.45, 2.75) is 25.9 Å². The van der Waals surface area contributed by atoms with Crippen LogP contribution in [0.5, 0.6) is 17.2 Å². The fraction of sp³-hybridized carbons (Fsp3) is 0.625. The van der Waals surface area contributed by atoms with E-state index >= 15 is 0 Å². The number of hydrogen-bond donors (Lipinski definition) is 1. The largest absolute Gasteiger partial charge is 0.496 e. The maximum absolute atomic E-state index is 6.01. The lowest BCUT2D eigenvalue weighted by Gasteiger charge is -2.20. The number of rotatable bonds is 6. The predicted molar refractivity (Wildman–Crippen MR) is 83.1 cm³/mol. The first-order valence-electron chi connectivity index (χ1n) is 7.35. The number of nitrogens with zero attached hydrogens (tertiary/aromatic N) is 1. The average molecular weight is 294 g/mol. The normalized spacial score (nSPS) is 20.3. The highest BCUT2D eigenvalue weighted by atomic mass is 16.5. The monoisotopic (exact) mass is 294 g/mol. The third-order valence-corrected chi connectivity index (χ3v) is 4.23. The number of hydrogen-bond acceptors (Lipinski definition) is 5. The van der Waals surface area contributed by atoms with Crippen molar-refractivity contribution in [3.63, 3.8) is 0 Å². The fourth-order valence-corrected chi connectivity index (χ4v) is 2.89. The highest BCUT2D eigenvalue weighted by Crippen LogP contribution is 2.35. The van der Waals surface area contributed by atoms with Gasteiger partial charge in [-0.05, 0) is 31.9 Å². The fourth-order valence-electron chi connectivity index (χ4n) is 2.89. The molecule has 0 aromatic heterocycles. The van der Waals surface area contributed by atoms with E-state index in [-0.39, 0.29) is 6.04 Å². The molecule has 1 aromatic carbocycles. The van der Waals surface area contributed by atoms with Crippen LogP contribution in [0, 0.1) is 5.92 Å². The molecule has 2 unspecified atom stereocenters. The third kappa shape index (κ3) is 3.60. The van der Waals surface area contributed by atoms with Gasteiger partial charge in [0.25, 0.3) is 0 Å². The van der Waals surface area contributed by atoms with Gasteiger partial charge in [-0.3, -0.25) is 4.90 Å². The van der Waals surface area contributed by atoms with Gasteiger partial charge in [-0.1, -0.05) is 0 Å². The maximum atomic E-state index is 6.01. The number of benzene rings is 1. The number of likely N-dealkylation sites (tertiary alicyclic amines) is 1. The Hall–Kier alpha value is -1.46. The Labute approximate surface area is 127 Å². The molecule has 0 aliphatic carbocycles. The molecule has 0 spiro atoms. The molecule has 1 aliphatic heterocycles. The summed E-state index contributed by atoms with van der Waals surface area (Å²) >= 11 is 0. The van der Waals surface area contributed by atoms with E-state index in [4.69, 9.17) is 19.9 Å². The zero-order chi connectivity index (χ0) is 15.4. The predicted octanol–water partition coefficient (Wildman–Crippen LogP) is 1.88. The van der Waals surface area contributed by atoms with Crippen LogP contribution in [0.1, 0.15) is 18.9 Å². The second-order valence-electron chi connectivity index (χ2n) is 5.66. The molecule has 0 bridgehead atoms. The van der Waals surface area contributed by atoms with Crippen molar-refractivity contribution in [1.82, 2.24) is 4.90 Å². The molecule has 0 saturated carbocycles. The highest BCUT2D eigenvalue weighted by Gasteiger charge is 2.26. The van der Waals surface area contributed by atoms with Gasteiger partial charge >= 0.3 is 0 Å². The number of methoxy groups -OCH3 is 3. The Morgan fingerprint density at radius 2 is 1.76 bits per heavy atom. The van der Waals surface area contributed by atoms with Gasteiger partial charge in [-0.15, -0.1) is 0 Å². The van der Waals surface area contributed by atoms with E-state index in [1.165, 1.54) is 0 Å². The van der Waals surface area contributed by atoms with Crippen molar-refractivity contribution >= 4 is 0 Å². The van der Waals surface area contributed by atoms with Gasteiger partial charge in [0.1, 0.15) is 5.75 Å². The van der Waals surface area contributed by atoms with E-state index < -0.39 is 0 Å². The van der Waals surface area contributed by atoms with Crippen molar-refractivity contribution in [1.29, 1.82) is 0 Å². The van der Waals surface area contributed by atoms with Crippen LogP contribution in [-0.2, 0) is 6.54 Å². The molecule has 5 nitrogen and oxygen atoms in total. The van der Waals surface area contributed by atoms with Crippen LogP contribution >= 0.6 is 0 Å². The first-order valence-corrected chi connectivity index (χ1v) is 7.35. The molecule has 0 amide bonds. The zero-order valence-corrected chi connectivity index (χ0v) is 13.4. The summed E-state index contributed by atoms with van der Waals surface area (Å²) in [7, 11) is 4.96. The topological polar surface area (TPSA) is 57.0 Å². The Morgan fingerprint density at radius 3 is 2.29 bits per heavy atom. The van der Waals surface area contributed by atoms with Crippen LogP contribution in [0.2, 0.25) is 0 Å². The third-order valence-electron chi connectivity index (χ3n) is 4.23. The molecule has 0 radical (unpaired) electrons. The smallest absolute Gasteiger partial charge is 0.164 e. The van der Waals surface area contributed by atoms with E-state index in [1.807, 2.05) is 12.1 Å². The van der Waals surface area contributed by atoms with Crippen LogP contribution in [-0.4, -0.2) is 45.4 Å². The Balaban J connectivity index is 2.16. The lowest BCUT2D eigenvalue weighted by atomic mass is 10.0. The Bertz CT molecular complexity index is 477. The van der Waals surface area contributed by atoms with E-state index in [9.17, 15) is 0 Å². The first kappa shape index (κ1) is 15.9. The number of ether oxygens (including phenoxy) is 3. The van der Waals surface area contributed by atoms with Gasteiger partial charge in [-0.2, -0.15) is 0 Å². The minimum absolute atomic E-state index is 0.252. The summed E-state index contributed by atoms with van der Waals surface area (Å²) in [6.07, 6.45) is 1.16. The molecular formula is C16H26N2O3. The summed E-state index contributed by atoms with van der Waals surface area (Å²) in [6, 6.07) is 4.13. The van der Waals surface area contributed by atoms with Gasteiger partial charge in [0, 0.05) is 30.8 Å². The molecule has 1 aliphatic rings. The minimum atomic E-state index is 0.252. The SMILES string of the molecule is COc1cc(OC)c(OC)cc1CN1CCC(C(C)N)C1. The molecule has 1 heterocycles. The molecule has 1 saturated heterocycles. The van der Waals surface area contributed by atoms with Crippen molar-refractivity contribution in [2.75, 3.05) is 34.4 Å². The zero-order valence-electron chi connectivity index (χ0n) is 13.4. The van der Waals surface area contributed by atoms with Crippen LogP contribution < -0.4 is 19.9 Å². The summed E-state index contributed by atoms with van der Waals surface area (Å²) in [6.45, 7) is 5.04. The summed E-state index contributed by atoms with van der Waals surface area (Å²) in [4.78, 5) is 2.41. The highest BCUT2D eigenvalue weighted by molar-refractivity contribution is 5.50. The molecule has 1 aromatic rings. The van der Waals surface area contributed by atoms with Gasteiger partial charge in [0.15, 0.2) is 11.5 Å².